The van der Waals surface area contributed by atoms with Crippen LogP contribution >= 0.6 is 0 Å². The fourth-order valence-corrected chi connectivity index (χ4v) is 5.05. The van der Waals surface area contributed by atoms with Gasteiger partial charge in [0.1, 0.15) is 33.8 Å². The number of nitrogen functional groups attached to an aromatic ring is 1. The van der Waals surface area contributed by atoms with Crippen LogP contribution in [0.25, 0.3) is 22.2 Å². The van der Waals surface area contributed by atoms with Crippen molar-refractivity contribution in [3.05, 3.63) is 28.8 Å². The van der Waals surface area contributed by atoms with Gasteiger partial charge in [-0.1, -0.05) is 20.8 Å². The summed E-state index contributed by atoms with van der Waals surface area (Å²) in [6.45, 7) is 15.3. The van der Waals surface area contributed by atoms with E-state index in [0.29, 0.717) is 25.3 Å². The molecule has 4 N–H and O–H groups in total. The second kappa shape index (κ2) is 16.0. The molecule has 2 atom stereocenters. The number of hydrogen-bond donors (Lipinski definition) is 3. The number of ether oxygens (including phenoxy) is 3. The lowest BCUT2D eigenvalue weighted by atomic mass is 9.96. The standard InChI is InChI=1S/C33H43F5N6O5.C2H6/c1-9-16(2)48-28-21-26(24(35)25(41-28)19-14-20(39)23(34)17(3)22(19)33(36,37)38)42-29(47-15-32(10-11-32)18(4)45)43-27(21)40-12-13-44(8)30(46)49-31(5,6)7;1-2/h14,16,18,45H,9-13,15,39H2,1-8H3,(H,40,42,43);1-2H3. The zero-order valence-electron chi connectivity index (χ0n) is 30.8. The highest BCUT2D eigenvalue weighted by Gasteiger charge is 2.48. The van der Waals surface area contributed by atoms with E-state index < -0.39 is 80.7 Å². The molecule has 1 aliphatic rings. The van der Waals surface area contributed by atoms with E-state index in [1.165, 1.54) is 11.9 Å². The number of fused-ring (bicyclic) bond motifs is 1. The number of carbonyl (C=O) groups excluding carboxylic acids is 1. The Balaban J connectivity index is 0.00000345. The zero-order chi connectivity index (χ0) is 38.6. The number of nitrogens with two attached hydrogens (primary N) is 1. The molecule has 51 heavy (non-hydrogen) atoms. The number of amides is 1. The third-order valence-electron chi connectivity index (χ3n) is 8.40. The first-order valence-corrected chi connectivity index (χ1v) is 16.9. The maximum absolute atomic E-state index is 16.7. The van der Waals surface area contributed by atoms with Crippen molar-refractivity contribution in [3.8, 4) is 23.1 Å². The minimum atomic E-state index is -5.11. The molecule has 11 nitrogen and oxygen atoms in total. The summed E-state index contributed by atoms with van der Waals surface area (Å²) >= 11 is 0. The van der Waals surface area contributed by atoms with Crippen molar-refractivity contribution >= 4 is 28.5 Å². The number of hydrogen-bond acceptors (Lipinski definition) is 10. The van der Waals surface area contributed by atoms with Crippen LogP contribution in [0.5, 0.6) is 11.9 Å². The molecule has 3 aromatic rings. The van der Waals surface area contributed by atoms with Crippen molar-refractivity contribution < 1.29 is 46.1 Å². The van der Waals surface area contributed by atoms with E-state index in [4.69, 9.17) is 19.9 Å². The van der Waals surface area contributed by atoms with Crippen molar-refractivity contribution in [2.75, 3.05) is 37.8 Å². The third kappa shape index (κ3) is 9.57. The molecule has 2 aromatic heterocycles. The lowest BCUT2D eigenvalue weighted by Gasteiger charge is -2.25. The summed E-state index contributed by atoms with van der Waals surface area (Å²) in [6, 6.07) is 0.345. The summed E-state index contributed by atoms with van der Waals surface area (Å²) in [4.78, 5) is 26.7. The number of alkyl halides is 3. The van der Waals surface area contributed by atoms with Crippen LogP contribution in [0.1, 0.15) is 85.8 Å². The van der Waals surface area contributed by atoms with Gasteiger partial charge in [0.05, 0.1) is 30.1 Å². The number of likely N-dealkylation sites (N-methyl/N-ethyl adjacent to an activating group) is 1. The molecule has 1 aliphatic carbocycles. The van der Waals surface area contributed by atoms with Crippen molar-refractivity contribution in [1.82, 2.24) is 19.9 Å². The number of carbonyl (C=O) groups is 1. The number of pyridine rings is 1. The van der Waals surface area contributed by atoms with Crippen LogP contribution < -0.4 is 20.5 Å². The number of rotatable bonds is 12. The second-order valence-corrected chi connectivity index (χ2v) is 13.5. The molecule has 1 amide bonds. The Kier molecular flexibility index (Phi) is 12.9. The van der Waals surface area contributed by atoms with E-state index in [0.717, 1.165) is 6.92 Å². The van der Waals surface area contributed by atoms with Crippen molar-refractivity contribution in [2.45, 2.75) is 106 Å². The number of nitrogens with one attached hydrogen (secondary N) is 1. The average Bonchev–Trinajstić information content (AvgIpc) is 3.84. The van der Waals surface area contributed by atoms with Crippen molar-refractivity contribution in [3.63, 3.8) is 0 Å². The summed E-state index contributed by atoms with van der Waals surface area (Å²) in [7, 11) is 1.52. The van der Waals surface area contributed by atoms with Crippen molar-refractivity contribution in [2.24, 2.45) is 5.41 Å². The Morgan fingerprint density at radius 2 is 1.75 bits per heavy atom. The molecule has 16 heteroatoms. The van der Waals surface area contributed by atoms with Gasteiger partial charge in [0.15, 0.2) is 5.82 Å². The monoisotopic (exact) mass is 728 g/mol. The number of nitrogens with zero attached hydrogens (tertiary/aromatic N) is 4. The first kappa shape index (κ1) is 41.2. The molecule has 1 saturated carbocycles. The summed E-state index contributed by atoms with van der Waals surface area (Å²) < 4.78 is 91.7. The third-order valence-corrected chi connectivity index (χ3v) is 8.40. The van der Waals surface area contributed by atoms with E-state index in [1.807, 2.05) is 13.8 Å². The average molecular weight is 729 g/mol. The topological polar surface area (TPSA) is 145 Å². The molecule has 4 rings (SSSR count). The van der Waals surface area contributed by atoms with Crippen molar-refractivity contribution in [1.29, 1.82) is 0 Å². The molecule has 0 spiro atoms. The van der Waals surface area contributed by atoms with Crippen LogP contribution in [0.2, 0.25) is 0 Å². The van der Waals surface area contributed by atoms with Gasteiger partial charge < -0.3 is 35.3 Å². The molecule has 2 heterocycles. The SMILES string of the molecule is CC.CCC(C)Oc1nc(-c2cc(N)c(F)c(C)c2C(F)(F)F)c(F)c2nc(OCC3(C(C)O)CC3)nc(NCCN(C)C(=O)OC(C)(C)C)c12. The number of aliphatic hydroxyl groups excluding tert-OH is 1. The second-order valence-electron chi connectivity index (χ2n) is 13.5. The van der Waals surface area contributed by atoms with Crippen LogP contribution in [0.3, 0.4) is 0 Å². The van der Waals surface area contributed by atoms with Gasteiger partial charge in [0, 0.05) is 31.1 Å². The van der Waals surface area contributed by atoms with Gasteiger partial charge in [-0.2, -0.15) is 23.1 Å². The Morgan fingerprint density at radius 3 is 2.27 bits per heavy atom. The van der Waals surface area contributed by atoms with Gasteiger partial charge in [-0.05, 0) is 72.4 Å². The fraction of sp³-hybridized carbons (Fsp3) is 0.600. The Bertz CT molecular complexity index is 1710. The van der Waals surface area contributed by atoms with Gasteiger partial charge in [-0.25, -0.2) is 18.6 Å². The Labute approximate surface area is 295 Å². The molecule has 0 aliphatic heterocycles. The van der Waals surface area contributed by atoms with E-state index in [2.05, 4.69) is 20.3 Å². The van der Waals surface area contributed by atoms with Crippen LogP contribution in [-0.4, -0.2) is 75.6 Å². The zero-order valence-corrected chi connectivity index (χ0v) is 30.8. The van der Waals surface area contributed by atoms with E-state index in [-0.39, 0.29) is 42.8 Å². The highest BCUT2D eigenvalue weighted by molar-refractivity contribution is 5.96. The molecule has 1 fully saturated rings. The van der Waals surface area contributed by atoms with Gasteiger partial charge in [0.2, 0.25) is 5.88 Å². The minimum absolute atomic E-state index is 0.0152. The molecule has 0 saturated heterocycles. The molecule has 2 unspecified atom stereocenters. The van der Waals surface area contributed by atoms with Crippen LogP contribution in [-0.2, 0) is 10.9 Å². The summed E-state index contributed by atoms with van der Waals surface area (Å²) in [6.07, 6.45) is -5.18. The number of anilines is 2. The molecular formula is C35H49F5N6O5. The summed E-state index contributed by atoms with van der Waals surface area (Å²) in [5, 5.41) is 13.2. The van der Waals surface area contributed by atoms with Crippen LogP contribution in [0.4, 0.5) is 38.3 Å². The summed E-state index contributed by atoms with van der Waals surface area (Å²) in [5.41, 5.74) is -0.608. The highest BCUT2D eigenvalue weighted by Crippen LogP contribution is 2.49. The predicted octanol–water partition coefficient (Wildman–Crippen LogP) is 7.90. The first-order chi connectivity index (χ1) is 23.7. The molecule has 284 valence electrons. The maximum Gasteiger partial charge on any atom is 0.417 e. The Morgan fingerprint density at radius 1 is 1.12 bits per heavy atom. The lowest BCUT2D eigenvalue weighted by molar-refractivity contribution is -0.137. The molecule has 1 aromatic carbocycles. The molecule has 0 radical (unpaired) electrons. The van der Waals surface area contributed by atoms with Gasteiger partial charge >= 0.3 is 18.3 Å². The van der Waals surface area contributed by atoms with E-state index in [9.17, 15) is 27.5 Å². The van der Waals surface area contributed by atoms with Crippen LogP contribution in [0.15, 0.2) is 6.07 Å². The first-order valence-electron chi connectivity index (χ1n) is 16.9. The maximum atomic E-state index is 16.7. The van der Waals surface area contributed by atoms with Gasteiger partial charge in [-0.15, -0.1) is 0 Å². The molecule has 0 bridgehead atoms. The van der Waals surface area contributed by atoms with E-state index in [1.54, 1.807) is 41.5 Å². The number of aliphatic hydroxyl groups is 1. The largest absolute Gasteiger partial charge is 0.474 e. The van der Waals surface area contributed by atoms with Gasteiger partial charge in [0.25, 0.3) is 0 Å². The Hall–Kier alpha value is -4.21. The van der Waals surface area contributed by atoms with Gasteiger partial charge in [-0.3, -0.25) is 0 Å². The predicted molar refractivity (Wildman–Crippen MR) is 185 cm³/mol. The number of benzene rings is 1. The van der Waals surface area contributed by atoms with Crippen LogP contribution in [0, 0.1) is 24.0 Å². The smallest absolute Gasteiger partial charge is 0.417 e. The number of halogens is 5. The normalized spacial score (nSPS) is 15.0. The quantitative estimate of drug-likeness (QED) is 0.124. The highest BCUT2D eigenvalue weighted by atomic mass is 19.4. The van der Waals surface area contributed by atoms with E-state index >= 15 is 4.39 Å². The molecular weight excluding hydrogens is 679 g/mol. The fourth-order valence-electron chi connectivity index (χ4n) is 5.05. The minimum Gasteiger partial charge on any atom is -0.474 e. The number of aromatic nitrogens is 3. The summed E-state index contributed by atoms with van der Waals surface area (Å²) in [5.74, 6) is -2.92. The lowest BCUT2D eigenvalue weighted by Crippen LogP contribution is -2.36.